The summed E-state index contributed by atoms with van der Waals surface area (Å²) in [6.07, 6.45) is 1.68. The quantitative estimate of drug-likeness (QED) is 0.230. The highest BCUT2D eigenvalue weighted by molar-refractivity contribution is 6.01. The Hall–Kier alpha value is -3.27. The number of hydrogen-bond donors (Lipinski definition) is 0. The molecule has 1 heterocycles. The molecule has 3 aromatic rings. The molecule has 0 aliphatic rings. The van der Waals surface area contributed by atoms with E-state index in [1.165, 1.54) is 5.56 Å². The van der Waals surface area contributed by atoms with Crippen LogP contribution in [0, 0.1) is 13.8 Å². The number of ether oxygens (including phenoxy) is 1. The third kappa shape index (κ3) is 4.01. The summed E-state index contributed by atoms with van der Waals surface area (Å²) in [4.78, 5) is 5.31. The van der Waals surface area contributed by atoms with Gasteiger partial charge in [-0.25, -0.2) is 0 Å². The number of hydrogen-bond acceptors (Lipinski definition) is 3. The van der Waals surface area contributed by atoms with Gasteiger partial charge in [0, 0.05) is 22.5 Å². The van der Waals surface area contributed by atoms with Crippen LogP contribution < -0.4 is 4.74 Å². The first kappa shape index (κ1) is 19.5. The molecule has 0 bridgehead atoms. The van der Waals surface area contributed by atoms with Gasteiger partial charge in [-0.15, -0.1) is 0 Å². The lowest BCUT2D eigenvalue weighted by molar-refractivity contribution is 0.175. The second-order valence-corrected chi connectivity index (χ2v) is 6.70. The molecule has 0 aliphatic carbocycles. The van der Waals surface area contributed by atoms with Gasteiger partial charge in [0.25, 0.3) is 0 Å². The van der Waals surface area contributed by atoms with E-state index in [1.807, 2.05) is 25.1 Å². The Labute approximate surface area is 166 Å². The molecule has 4 nitrogen and oxygen atoms in total. The number of aromatic nitrogens is 1. The number of nitrogens with zero attached hydrogens (tertiary/aromatic N) is 2. The second kappa shape index (κ2) is 8.61. The Morgan fingerprint density at radius 2 is 1.89 bits per heavy atom. The molecule has 0 unspecified atom stereocenters. The molecule has 0 amide bonds. The van der Waals surface area contributed by atoms with E-state index < -0.39 is 0 Å². The minimum atomic E-state index is 0.387. The fraction of sp³-hybridized carbons (Fsp3) is 0.208. The van der Waals surface area contributed by atoms with E-state index in [1.54, 1.807) is 13.2 Å². The van der Waals surface area contributed by atoms with E-state index >= 15 is 0 Å². The van der Waals surface area contributed by atoms with Crippen LogP contribution in [0.15, 0.2) is 72.4 Å². The number of rotatable bonds is 7. The summed E-state index contributed by atoms with van der Waals surface area (Å²) in [5.41, 5.74) is 7.46. The van der Waals surface area contributed by atoms with Crippen molar-refractivity contribution >= 4 is 5.71 Å². The van der Waals surface area contributed by atoms with Crippen molar-refractivity contribution in [3.05, 3.63) is 84.1 Å². The van der Waals surface area contributed by atoms with E-state index in [0.29, 0.717) is 6.61 Å². The zero-order chi connectivity index (χ0) is 20.1. The molecular formula is C24H26N2O2. The number of aryl methyl sites for hydroxylation is 1. The zero-order valence-electron chi connectivity index (χ0n) is 16.9. The SMILES string of the molecule is C=CCO/N=C(\C)c1cc(-c2cccc(OC)c2)n(-c2cccc(C)c2)c1C. The van der Waals surface area contributed by atoms with Crippen LogP contribution >= 0.6 is 0 Å². The molecule has 0 spiro atoms. The summed E-state index contributed by atoms with van der Waals surface area (Å²) in [6.45, 7) is 10.2. The molecule has 4 heteroatoms. The van der Waals surface area contributed by atoms with E-state index in [0.717, 1.165) is 39.7 Å². The summed E-state index contributed by atoms with van der Waals surface area (Å²) in [5.74, 6) is 0.827. The molecule has 0 aliphatic heterocycles. The third-order valence-electron chi connectivity index (χ3n) is 4.66. The highest BCUT2D eigenvalue weighted by atomic mass is 16.6. The van der Waals surface area contributed by atoms with E-state index in [2.05, 4.69) is 66.5 Å². The van der Waals surface area contributed by atoms with E-state index in [4.69, 9.17) is 9.57 Å². The maximum Gasteiger partial charge on any atom is 0.135 e. The molecule has 0 fully saturated rings. The van der Waals surface area contributed by atoms with Gasteiger partial charge in [0.2, 0.25) is 0 Å². The lowest BCUT2D eigenvalue weighted by Gasteiger charge is -2.14. The smallest absolute Gasteiger partial charge is 0.135 e. The number of oxime groups is 1. The third-order valence-corrected chi connectivity index (χ3v) is 4.66. The van der Waals surface area contributed by atoms with Crippen LogP contribution in [0.5, 0.6) is 5.75 Å². The van der Waals surface area contributed by atoms with Crippen LogP contribution in [0.1, 0.15) is 23.7 Å². The lowest BCUT2D eigenvalue weighted by atomic mass is 10.1. The first-order valence-corrected chi connectivity index (χ1v) is 9.26. The van der Waals surface area contributed by atoms with Crippen LogP contribution in [-0.2, 0) is 4.84 Å². The van der Waals surface area contributed by atoms with Crippen molar-refractivity contribution in [3.63, 3.8) is 0 Å². The van der Waals surface area contributed by atoms with Gasteiger partial charge in [0.05, 0.1) is 18.5 Å². The van der Waals surface area contributed by atoms with Crippen molar-refractivity contribution < 1.29 is 9.57 Å². The highest BCUT2D eigenvalue weighted by Gasteiger charge is 2.17. The summed E-state index contributed by atoms with van der Waals surface area (Å²) >= 11 is 0. The Balaban J connectivity index is 2.20. The van der Waals surface area contributed by atoms with Crippen molar-refractivity contribution in [1.29, 1.82) is 0 Å². The normalized spacial score (nSPS) is 11.4. The zero-order valence-corrected chi connectivity index (χ0v) is 16.9. The first-order valence-electron chi connectivity index (χ1n) is 9.26. The van der Waals surface area contributed by atoms with Crippen molar-refractivity contribution in [3.8, 4) is 22.7 Å². The maximum atomic E-state index is 5.43. The Morgan fingerprint density at radius 3 is 2.61 bits per heavy atom. The average Bonchev–Trinajstić information content (AvgIpc) is 3.05. The van der Waals surface area contributed by atoms with Gasteiger partial charge in [-0.1, -0.05) is 42.1 Å². The molecule has 0 atom stereocenters. The largest absolute Gasteiger partial charge is 0.497 e. The highest BCUT2D eigenvalue weighted by Crippen LogP contribution is 2.32. The van der Waals surface area contributed by atoms with Crippen LogP contribution in [0.4, 0.5) is 0 Å². The van der Waals surface area contributed by atoms with E-state index in [-0.39, 0.29) is 0 Å². The monoisotopic (exact) mass is 374 g/mol. The Morgan fingerprint density at radius 1 is 1.11 bits per heavy atom. The summed E-state index contributed by atoms with van der Waals surface area (Å²) in [7, 11) is 1.68. The maximum absolute atomic E-state index is 5.43. The van der Waals surface area contributed by atoms with Crippen molar-refractivity contribution in [2.45, 2.75) is 20.8 Å². The predicted molar refractivity (Wildman–Crippen MR) is 116 cm³/mol. The molecular weight excluding hydrogens is 348 g/mol. The van der Waals surface area contributed by atoms with E-state index in [9.17, 15) is 0 Å². The molecule has 3 rings (SSSR count). The van der Waals surface area contributed by atoms with Crippen LogP contribution in [0.25, 0.3) is 16.9 Å². The number of benzene rings is 2. The topological polar surface area (TPSA) is 35.8 Å². The van der Waals surface area contributed by atoms with Gasteiger partial charge in [0.1, 0.15) is 12.4 Å². The Bertz CT molecular complexity index is 1020. The lowest BCUT2D eigenvalue weighted by Crippen LogP contribution is -2.03. The molecule has 1 aromatic heterocycles. The van der Waals surface area contributed by atoms with Crippen LogP contribution in [0.3, 0.4) is 0 Å². The Kier molecular flexibility index (Phi) is 5.99. The molecule has 2 aromatic carbocycles. The van der Waals surface area contributed by atoms with Gasteiger partial charge >= 0.3 is 0 Å². The minimum Gasteiger partial charge on any atom is -0.497 e. The molecule has 0 N–H and O–H groups in total. The minimum absolute atomic E-state index is 0.387. The van der Waals surface area contributed by atoms with Gasteiger partial charge in [-0.2, -0.15) is 0 Å². The van der Waals surface area contributed by atoms with Crippen LogP contribution in [0.2, 0.25) is 0 Å². The summed E-state index contributed by atoms with van der Waals surface area (Å²) in [6, 6.07) is 18.7. The fourth-order valence-electron chi connectivity index (χ4n) is 3.30. The summed E-state index contributed by atoms with van der Waals surface area (Å²) < 4.78 is 7.68. The second-order valence-electron chi connectivity index (χ2n) is 6.70. The fourth-order valence-corrected chi connectivity index (χ4v) is 3.30. The predicted octanol–water partition coefficient (Wildman–Crippen LogP) is 5.70. The van der Waals surface area contributed by atoms with Gasteiger partial charge in [0.15, 0.2) is 0 Å². The molecule has 0 saturated carbocycles. The number of methoxy groups -OCH3 is 1. The first-order chi connectivity index (χ1) is 13.5. The molecule has 0 saturated heterocycles. The van der Waals surface area contributed by atoms with Crippen molar-refractivity contribution in [1.82, 2.24) is 4.57 Å². The average molecular weight is 374 g/mol. The van der Waals surface area contributed by atoms with Gasteiger partial charge in [-0.3, -0.25) is 0 Å². The van der Waals surface area contributed by atoms with Crippen LogP contribution in [-0.4, -0.2) is 24.0 Å². The summed E-state index contributed by atoms with van der Waals surface area (Å²) in [5, 5.41) is 4.25. The van der Waals surface area contributed by atoms with Gasteiger partial charge < -0.3 is 14.1 Å². The molecule has 0 radical (unpaired) electrons. The molecule has 144 valence electrons. The van der Waals surface area contributed by atoms with Crippen molar-refractivity contribution in [2.24, 2.45) is 5.16 Å². The van der Waals surface area contributed by atoms with Crippen molar-refractivity contribution in [2.75, 3.05) is 13.7 Å². The van der Waals surface area contributed by atoms with Gasteiger partial charge in [-0.05, 0) is 56.7 Å². The molecule has 28 heavy (non-hydrogen) atoms. The standard InChI is InChI=1S/C24H26N2O2/c1-6-13-28-25-18(3)23-16-24(20-10-8-12-22(15-20)27-5)26(19(23)4)21-11-7-9-17(2)14-21/h6-12,14-16H,1,13H2,2-5H3/b25-18+.